The number of carbonyl (C=O) groups excluding carboxylic acids is 1. The second-order valence-electron chi connectivity index (χ2n) is 10.9. The molecule has 8 nitrogen and oxygen atoms in total. The highest BCUT2D eigenvalue weighted by atomic mass is 16.5. The number of amides is 1. The number of likely N-dealkylation sites (tertiary alicyclic amines) is 2. The molecular formula is C28H41N5O3. The molecule has 0 spiro atoms. The molecule has 1 atom stereocenters. The molecule has 2 fully saturated rings. The van der Waals surface area contributed by atoms with E-state index < -0.39 is 6.10 Å². The molecule has 0 saturated carbocycles. The van der Waals surface area contributed by atoms with Crippen LogP contribution in [-0.4, -0.2) is 93.5 Å². The number of benzene rings is 1. The van der Waals surface area contributed by atoms with Crippen LogP contribution in [0, 0.1) is 0 Å². The Morgan fingerprint density at radius 1 is 1.17 bits per heavy atom. The van der Waals surface area contributed by atoms with Crippen molar-refractivity contribution in [2.75, 3.05) is 39.8 Å². The fraction of sp³-hybridized carbons (Fsp3) is 0.643. The molecule has 8 heteroatoms. The van der Waals surface area contributed by atoms with Crippen LogP contribution in [0.3, 0.4) is 0 Å². The van der Waals surface area contributed by atoms with Gasteiger partial charge in [0.25, 0.3) is 5.91 Å². The Kier molecular flexibility index (Phi) is 7.65. The SMILES string of the molecule is COc1cccc(Cn2nc(C(=O)N3CCC[C@H](O)C3)c3c2CCN(C2CCN(C(C)C)CC2)C3)c1. The summed E-state index contributed by atoms with van der Waals surface area (Å²) >= 11 is 0. The lowest BCUT2D eigenvalue weighted by molar-refractivity contribution is 0.0464. The number of aliphatic hydroxyl groups is 1. The Labute approximate surface area is 214 Å². The van der Waals surface area contributed by atoms with Gasteiger partial charge in [0.05, 0.1) is 19.8 Å². The molecule has 1 aromatic heterocycles. The molecule has 0 radical (unpaired) electrons. The number of methoxy groups -OCH3 is 1. The molecule has 3 aliphatic heterocycles. The molecule has 2 aromatic rings. The van der Waals surface area contributed by atoms with Gasteiger partial charge in [-0.05, 0) is 70.3 Å². The minimum absolute atomic E-state index is 0.0362. The van der Waals surface area contributed by atoms with E-state index in [1.807, 2.05) is 22.9 Å². The number of nitrogens with zero attached hydrogens (tertiary/aromatic N) is 5. The Morgan fingerprint density at radius 2 is 1.97 bits per heavy atom. The lowest BCUT2D eigenvalue weighted by Crippen LogP contribution is -2.48. The summed E-state index contributed by atoms with van der Waals surface area (Å²) in [5.74, 6) is 0.789. The van der Waals surface area contributed by atoms with Crippen molar-refractivity contribution in [3.63, 3.8) is 0 Å². The third kappa shape index (κ3) is 5.31. The summed E-state index contributed by atoms with van der Waals surface area (Å²) in [6, 6.07) is 9.20. The maximum absolute atomic E-state index is 13.7. The van der Waals surface area contributed by atoms with E-state index in [0.29, 0.717) is 37.4 Å². The molecule has 0 unspecified atom stereocenters. The van der Waals surface area contributed by atoms with E-state index in [1.165, 1.54) is 18.5 Å². The third-order valence-electron chi connectivity index (χ3n) is 8.26. The average molecular weight is 496 g/mol. The van der Waals surface area contributed by atoms with Crippen LogP contribution < -0.4 is 4.74 Å². The van der Waals surface area contributed by atoms with Gasteiger partial charge < -0.3 is 19.6 Å². The van der Waals surface area contributed by atoms with Crippen LogP contribution in [0.2, 0.25) is 0 Å². The van der Waals surface area contributed by atoms with Gasteiger partial charge >= 0.3 is 0 Å². The normalized spacial score (nSPS) is 22.1. The van der Waals surface area contributed by atoms with E-state index in [2.05, 4.69) is 29.7 Å². The fourth-order valence-corrected chi connectivity index (χ4v) is 6.13. The summed E-state index contributed by atoms with van der Waals surface area (Å²) in [5, 5.41) is 15.1. The number of fused-ring (bicyclic) bond motifs is 1. The Bertz CT molecular complexity index is 1060. The van der Waals surface area contributed by atoms with Crippen molar-refractivity contribution in [1.82, 2.24) is 24.5 Å². The zero-order valence-electron chi connectivity index (χ0n) is 22.0. The molecule has 0 bridgehead atoms. The zero-order chi connectivity index (χ0) is 25.2. The zero-order valence-corrected chi connectivity index (χ0v) is 22.0. The molecule has 2 saturated heterocycles. The van der Waals surface area contributed by atoms with Crippen LogP contribution in [0.1, 0.15) is 66.8 Å². The van der Waals surface area contributed by atoms with Crippen LogP contribution in [0.25, 0.3) is 0 Å². The predicted molar refractivity (Wildman–Crippen MR) is 139 cm³/mol. The van der Waals surface area contributed by atoms with Crippen molar-refractivity contribution in [2.45, 2.75) is 77.2 Å². The summed E-state index contributed by atoms with van der Waals surface area (Å²) in [5.41, 5.74) is 3.94. The number of aliphatic hydroxyl groups excluding tert-OH is 1. The van der Waals surface area contributed by atoms with E-state index in [9.17, 15) is 9.90 Å². The average Bonchev–Trinajstić information content (AvgIpc) is 3.25. The molecular weight excluding hydrogens is 454 g/mol. The van der Waals surface area contributed by atoms with Crippen LogP contribution in [0.4, 0.5) is 0 Å². The van der Waals surface area contributed by atoms with Crippen LogP contribution in [0.5, 0.6) is 5.75 Å². The quantitative estimate of drug-likeness (QED) is 0.664. The molecule has 196 valence electrons. The van der Waals surface area contributed by atoms with E-state index in [4.69, 9.17) is 9.84 Å². The second-order valence-corrected chi connectivity index (χ2v) is 10.9. The number of rotatable bonds is 6. The Morgan fingerprint density at radius 3 is 2.69 bits per heavy atom. The van der Waals surface area contributed by atoms with Crippen LogP contribution in [-0.2, 0) is 19.5 Å². The molecule has 0 aliphatic carbocycles. The maximum Gasteiger partial charge on any atom is 0.274 e. The molecule has 1 N–H and O–H groups in total. The first-order chi connectivity index (χ1) is 17.4. The molecule has 4 heterocycles. The highest BCUT2D eigenvalue weighted by Gasteiger charge is 2.35. The second kappa shape index (κ2) is 10.9. The first kappa shape index (κ1) is 25.2. The van der Waals surface area contributed by atoms with E-state index in [0.717, 1.165) is 62.3 Å². The van der Waals surface area contributed by atoms with Crippen molar-refractivity contribution in [3.8, 4) is 5.75 Å². The molecule has 5 rings (SSSR count). The monoisotopic (exact) mass is 495 g/mol. The summed E-state index contributed by atoms with van der Waals surface area (Å²) in [6.07, 6.45) is 4.39. The van der Waals surface area contributed by atoms with E-state index >= 15 is 0 Å². The number of carbonyl (C=O) groups is 1. The number of hydrogen-bond donors (Lipinski definition) is 1. The van der Waals surface area contributed by atoms with Crippen molar-refractivity contribution >= 4 is 5.91 Å². The van der Waals surface area contributed by atoms with Crippen molar-refractivity contribution in [3.05, 3.63) is 46.8 Å². The highest BCUT2D eigenvalue weighted by Crippen LogP contribution is 2.30. The molecule has 1 aromatic carbocycles. The Balaban J connectivity index is 1.41. The first-order valence-corrected chi connectivity index (χ1v) is 13.6. The van der Waals surface area contributed by atoms with E-state index in [1.54, 1.807) is 12.0 Å². The Hall–Kier alpha value is -2.42. The van der Waals surface area contributed by atoms with Gasteiger partial charge in [0.2, 0.25) is 0 Å². The molecule has 36 heavy (non-hydrogen) atoms. The number of β-amino-alcohol motifs (C(OH)–C–C–N with tert-alkyl or cyclic N) is 1. The minimum atomic E-state index is -0.444. The highest BCUT2D eigenvalue weighted by molar-refractivity contribution is 5.94. The van der Waals surface area contributed by atoms with Gasteiger partial charge in [0.15, 0.2) is 5.69 Å². The summed E-state index contributed by atoms with van der Waals surface area (Å²) in [6.45, 7) is 10.3. The van der Waals surface area contributed by atoms with Crippen molar-refractivity contribution < 1.29 is 14.6 Å². The van der Waals surface area contributed by atoms with Crippen LogP contribution >= 0.6 is 0 Å². The van der Waals surface area contributed by atoms with E-state index in [-0.39, 0.29) is 5.91 Å². The van der Waals surface area contributed by atoms with Gasteiger partial charge in [-0.15, -0.1) is 0 Å². The van der Waals surface area contributed by atoms with Gasteiger partial charge in [0.1, 0.15) is 5.75 Å². The fourth-order valence-electron chi connectivity index (χ4n) is 6.13. The minimum Gasteiger partial charge on any atom is -0.497 e. The maximum atomic E-state index is 13.7. The number of hydrogen-bond acceptors (Lipinski definition) is 6. The molecule has 3 aliphatic rings. The van der Waals surface area contributed by atoms with Crippen LogP contribution in [0.15, 0.2) is 24.3 Å². The van der Waals surface area contributed by atoms with Gasteiger partial charge in [-0.2, -0.15) is 5.10 Å². The topological polar surface area (TPSA) is 74.1 Å². The van der Waals surface area contributed by atoms with Crippen molar-refractivity contribution in [2.24, 2.45) is 0 Å². The van der Waals surface area contributed by atoms with Gasteiger partial charge in [0, 0.05) is 55.9 Å². The smallest absolute Gasteiger partial charge is 0.274 e. The summed E-state index contributed by atoms with van der Waals surface area (Å²) in [4.78, 5) is 20.6. The van der Waals surface area contributed by atoms with Gasteiger partial charge in [-0.1, -0.05) is 12.1 Å². The number of ether oxygens (including phenoxy) is 1. The lowest BCUT2D eigenvalue weighted by atomic mass is 9.97. The molecule has 1 amide bonds. The largest absolute Gasteiger partial charge is 0.497 e. The lowest BCUT2D eigenvalue weighted by Gasteiger charge is -2.41. The predicted octanol–water partition coefficient (Wildman–Crippen LogP) is 2.77. The third-order valence-corrected chi connectivity index (χ3v) is 8.26. The van der Waals surface area contributed by atoms with Gasteiger partial charge in [-0.25, -0.2) is 0 Å². The standard InChI is InChI=1S/C28H41N5O3/c1-20(2)30-13-9-22(10-14-30)31-15-11-26-25(19-31)27(28(35)32-12-5-7-23(34)18-32)29-33(26)17-21-6-4-8-24(16-21)36-3/h4,6,8,16,20,22-23,34H,5,7,9-15,17-19H2,1-3H3/t23-/m0/s1. The summed E-state index contributed by atoms with van der Waals surface area (Å²) in [7, 11) is 1.68. The number of piperidine rings is 2. The van der Waals surface area contributed by atoms with Gasteiger partial charge in [-0.3, -0.25) is 14.4 Å². The van der Waals surface area contributed by atoms with Crippen molar-refractivity contribution in [1.29, 1.82) is 0 Å². The summed E-state index contributed by atoms with van der Waals surface area (Å²) < 4.78 is 7.46. The number of aromatic nitrogens is 2. The first-order valence-electron chi connectivity index (χ1n) is 13.6.